The molecule has 0 fully saturated rings. The summed E-state index contributed by atoms with van der Waals surface area (Å²) >= 11 is 1.16. The summed E-state index contributed by atoms with van der Waals surface area (Å²) in [5, 5.41) is 1.82. The van der Waals surface area contributed by atoms with Gasteiger partial charge in [-0.15, -0.1) is 0 Å². The molecule has 0 bridgehead atoms. The van der Waals surface area contributed by atoms with Crippen molar-refractivity contribution < 1.29 is 4.79 Å². The summed E-state index contributed by atoms with van der Waals surface area (Å²) in [6.07, 6.45) is 1.31. The third-order valence-electron chi connectivity index (χ3n) is 3.25. The number of carbonyl (C=O) groups is 1. The van der Waals surface area contributed by atoms with Gasteiger partial charge in [-0.2, -0.15) is 0 Å². The van der Waals surface area contributed by atoms with Gasteiger partial charge in [-0.25, -0.2) is 0 Å². The summed E-state index contributed by atoms with van der Waals surface area (Å²) in [6, 6.07) is 5.93. The minimum absolute atomic E-state index is 0.0463. The Morgan fingerprint density at radius 2 is 2.11 bits per heavy atom. The second-order valence-corrected chi connectivity index (χ2v) is 5.20. The number of aromatic amines is 1. The molecule has 5 heteroatoms. The van der Waals surface area contributed by atoms with E-state index >= 15 is 0 Å². The Bertz CT molecular complexity index is 672. The van der Waals surface area contributed by atoms with Crippen molar-refractivity contribution >= 4 is 22.9 Å². The molecule has 0 spiro atoms. The van der Waals surface area contributed by atoms with Gasteiger partial charge < -0.3 is 9.88 Å². The molecule has 0 saturated heterocycles. The number of thiazole rings is 1. The van der Waals surface area contributed by atoms with Crippen LogP contribution in [0.25, 0.3) is 11.3 Å². The first-order chi connectivity index (χ1) is 8.65. The summed E-state index contributed by atoms with van der Waals surface area (Å²) in [5.41, 5.74) is 3.96. The average Bonchev–Trinajstić information content (AvgIpc) is 2.80. The van der Waals surface area contributed by atoms with Gasteiger partial charge in [0.05, 0.1) is 5.69 Å². The Balaban J connectivity index is 2.07. The van der Waals surface area contributed by atoms with E-state index in [0.717, 1.165) is 40.3 Å². The first-order valence-corrected chi connectivity index (χ1v) is 6.61. The van der Waals surface area contributed by atoms with E-state index in [0.29, 0.717) is 6.42 Å². The lowest BCUT2D eigenvalue weighted by molar-refractivity contribution is -0.118. The molecule has 1 aromatic heterocycles. The second kappa shape index (κ2) is 4.10. The molecule has 3 rings (SSSR count). The van der Waals surface area contributed by atoms with E-state index in [-0.39, 0.29) is 10.8 Å². The lowest BCUT2D eigenvalue weighted by Gasteiger charge is -2.26. The van der Waals surface area contributed by atoms with Gasteiger partial charge in [-0.05, 0) is 29.7 Å². The predicted molar refractivity (Wildman–Crippen MR) is 72.1 cm³/mol. The van der Waals surface area contributed by atoms with Crippen LogP contribution < -0.4 is 9.77 Å². The fourth-order valence-electron chi connectivity index (χ4n) is 2.25. The number of carbonyl (C=O) groups excluding carboxylic acids is 1. The zero-order valence-electron chi connectivity index (χ0n) is 9.90. The molecule has 92 valence electrons. The lowest BCUT2D eigenvalue weighted by Crippen LogP contribution is -2.30. The number of hydrogen-bond acceptors (Lipinski definition) is 3. The fraction of sp³-hybridized carbons (Fsp3) is 0.231. The van der Waals surface area contributed by atoms with Crippen LogP contribution in [0, 0.1) is 0 Å². The van der Waals surface area contributed by atoms with Gasteiger partial charge in [-0.3, -0.25) is 9.59 Å². The number of benzene rings is 1. The van der Waals surface area contributed by atoms with Crippen LogP contribution in [0.2, 0.25) is 0 Å². The molecule has 0 saturated carbocycles. The van der Waals surface area contributed by atoms with E-state index in [2.05, 4.69) is 11.1 Å². The molecule has 0 radical (unpaired) electrons. The van der Waals surface area contributed by atoms with E-state index in [1.54, 1.807) is 11.9 Å². The number of nitrogens with zero attached hydrogens (tertiary/aromatic N) is 1. The van der Waals surface area contributed by atoms with Crippen LogP contribution in [0.3, 0.4) is 0 Å². The van der Waals surface area contributed by atoms with Crippen LogP contribution in [0.4, 0.5) is 5.69 Å². The summed E-state index contributed by atoms with van der Waals surface area (Å²) in [6.45, 7) is 0. The highest BCUT2D eigenvalue weighted by Gasteiger charge is 2.20. The molecule has 1 aliphatic heterocycles. The van der Waals surface area contributed by atoms with Crippen molar-refractivity contribution in [2.45, 2.75) is 12.8 Å². The Morgan fingerprint density at radius 1 is 1.28 bits per heavy atom. The van der Waals surface area contributed by atoms with Crippen molar-refractivity contribution in [2.24, 2.45) is 0 Å². The zero-order valence-corrected chi connectivity index (χ0v) is 10.7. The molecule has 0 unspecified atom stereocenters. The molecule has 1 aromatic carbocycles. The van der Waals surface area contributed by atoms with Crippen LogP contribution in [0.15, 0.2) is 28.4 Å². The van der Waals surface area contributed by atoms with E-state index in [1.807, 2.05) is 17.5 Å². The summed E-state index contributed by atoms with van der Waals surface area (Å²) in [7, 11) is 1.80. The van der Waals surface area contributed by atoms with Crippen molar-refractivity contribution in [3.05, 3.63) is 38.8 Å². The van der Waals surface area contributed by atoms with Crippen LogP contribution in [-0.4, -0.2) is 17.9 Å². The van der Waals surface area contributed by atoms with Crippen molar-refractivity contribution in [1.82, 2.24) is 4.98 Å². The maximum absolute atomic E-state index is 11.6. The number of fused-ring (bicyclic) bond motifs is 1. The molecule has 4 nitrogen and oxygen atoms in total. The highest BCUT2D eigenvalue weighted by atomic mass is 32.1. The highest BCUT2D eigenvalue weighted by molar-refractivity contribution is 7.07. The lowest BCUT2D eigenvalue weighted by atomic mass is 9.98. The van der Waals surface area contributed by atoms with Crippen molar-refractivity contribution in [1.29, 1.82) is 0 Å². The SMILES string of the molecule is CN1C(=O)CCc2cc(-c3csc(=O)[nH]3)ccc21. The Labute approximate surface area is 108 Å². The van der Waals surface area contributed by atoms with Crippen LogP contribution in [0.1, 0.15) is 12.0 Å². The molecule has 18 heavy (non-hydrogen) atoms. The molecule has 2 aromatic rings. The van der Waals surface area contributed by atoms with Gasteiger partial charge in [0.25, 0.3) is 0 Å². The molecular weight excluding hydrogens is 248 g/mol. The number of nitrogens with one attached hydrogen (secondary N) is 1. The Morgan fingerprint density at radius 3 is 2.83 bits per heavy atom. The molecule has 1 aliphatic rings. The number of H-pyrrole nitrogens is 1. The van der Waals surface area contributed by atoms with Crippen LogP contribution in [-0.2, 0) is 11.2 Å². The minimum atomic E-state index is -0.0463. The van der Waals surface area contributed by atoms with Gasteiger partial charge in [0, 0.05) is 24.5 Å². The summed E-state index contributed by atoms with van der Waals surface area (Å²) < 4.78 is 0. The molecular formula is C13H12N2O2S. The van der Waals surface area contributed by atoms with E-state index in [1.165, 1.54) is 0 Å². The van der Waals surface area contributed by atoms with E-state index < -0.39 is 0 Å². The maximum atomic E-state index is 11.6. The Kier molecular flexibility index (Phi) is 2.56. The third kappa shape index (κ3) is 1.76. The van der Waals surface area contributed by atoms with Crippen molar-refractivity contribution in [3.63, 3.8) is 0 Å². The summed E-state index contributed by atoms with van der Waals surface area (Å²) in [5.74, 6) is 0.152. The first kappa shape index (κ1) is 11.2. The second-order valence-electron chi connectivity index (χ2n) is 4.36. The monoisotopic (exact) mass is 260 g/mol. The minimum Gasteiger partial charge on any atom is -0.315 e. The van der Waals surface area contributed by atoms with Gasteiger partial charge in [0.2, 0.25) is 5.91 Å². The average molecular weight is 260 g/mol. The number of aryl methyl sites for hydroxylation is 1. The number of aromatic nitrogens is 1. The fourth-order valence-corrected chi connectivity index (χ4v) is 2.83. The molecule has 0 atom stereocenters. The molecule has 1 N–H and O–H groups in total. The smallest absolute Gasteiger partial charge is 0.304 e. The van der Waals surface area contributed by atoms with Crippen molar-refractivity contribution in [3.8, 4) is 11.3 Å². The van der Waals surface area contributed by atoms with Gasteiger partial charge in [0.15, 0.2) is 0 Å². The molecule has 0 aliphatic carbocycles. The predicted octanol–water partition coefficient (Wildman–Crippen LogP) is 2.01. The van der Waals surface area contributed by atoms with Gasteiger partial charge in [-0.1, -0.05) is 17.4 Å². The van der Waals surface area contributed by atoms with Crippen LogP contribution in [0.5, 0.6) is 0 Å². The summed E-state index contributed by atoms with van der Waals surface area (Å²) in [4.78, 5) is 27.2. The van der Waals surface area contributed by atoms with Crippen molar-refractivity contribution in [2.75, 3.05) is 11.9 Å². The van der Waals surface area contributed by atoms with Gasteiger partial charge in [0.1, 0.15) is 0 Å². The van der Waals surface area contributed by atoms with Gasteiger partial charge >= 0.3 is 4.87 Å². The number of rotatable bonds is 1. The third-order valence-corrected chi connectivity index (χ3v) is 3.92. The normalized spacial score (nSPS) is 14.7. The molecule has 2 heterocycles. The topological polar surface area (TPSA) is 53.2 Å². The number of hydrogen-bond donors (Lipinski definition) is 1. The standard InChI is InChI=1S/C13H12N2O2S/c1-15-11-4-2-8(10-7-18-13(17)14-10)6-9(11)3-5-12(15)16/h2,4,6-7H,3,5H2,1H3,(H,14,17). The number of anilines is 1. The first-order valence-electron chi connectivity index (χ1n) is 5.73. The quantitative estimate of drug-likeness (QED) is 0.852. The zero-order chi connectivity index (χ0) is 12.7. The van der Waals surface area contributed by atoms with Crippen LogP contribution >= 0.6 is 11.3 Å². The van der Waals surface area contributed by atoms with E-state index in [9.17, 15) is 9.59 Å². The Hall–Kier alpha value is -1.88. The number of amides is 1. The largest absolute Gasteiger partial charge is 0.315 e. The molecule has 1 amide bonds. The maximum Gasteiger partial charge on any atom is 0.304 e. The highest BCUT2D eigenvalue weighted by Crippen LogP contribution is 2.30. The van der Waals surface area contributed by atoms with E-state index in [4.69, 9.17) is 0 Å².